The van der Waals surface area contributed by atoms with E-state index in [1.54, 1.807) is 0 Å². The van der Waals surface area contributed by atoms with Crippen molar-refractivity contribution < 1.29 is 9.84 Å². The lowest BCUT2D eigenvalue weighted by atomic mass is 10.0. The highest BCUT2D eigenvalue weighted by molar-refractivity contribution is 4.77. The maximum atomic E-state index is 9.63. The Labute approximate surface area is 68.5 Å². The molecule has 3 nitrogen and oxygen atoms in total. The van der Waals surface area contributed by atoms with Gasteiger partial charge in [-0.3, -0.25) is 0 Å². The number of rotatable bonds is 5. The lowest BCUT2D eigenvalue weighted by Crippen LogP contribution is -2.42. The minimum atomic E-state index is -0.829. The van der Waals surface area contributed by atoms with E-state index < -0.39 is 5.60 Å². The van der Waals surface area contributed by atoms with E-state index in [0.29, 0.717) is 13.0 Å². The van der Waals surface area contributed by atoms with Gasteiger partial charge in [-0.25, -0.2) is 0 Å². The molecule has 0 aromatic heterocycles. The molecule has 0 saturated heterocycles. The summed E-state index contributed by atoms with van der Waals surface area (Å²) in [5.74, 6) is 0. The summed E-state index contributed by atoms with van der Waals surface area (Å²) in [5, 5.41) is 9.63. The number of aliphatic hydroxyl groups is 1. The van der Waals surface area contributed by atoms with Crippen molar-refractivity contribution in [3.63, 3.8) is 0 Å². The molecule has 3 heteroatoms. The summed E-state index contributed by atoms with van der Waals surface area (Å²) in [5.41, 5.74) is 4.54. The molecular formula is C8H19NO2. The van der Waals surface area contributed by atoms with Gasteiger partial charge in [-0.05, 0) is 20.3 Å². The second kappa shape index (κ2) is 4.70. The van der Waals surface area contributed by atoms with E-state index in [1.165, 1.54) is 0 Å². The number of nitrogens with two attached hydrogens (primary N) is 1. The molecule has 0 aliphatic rings. The average molecular weight is 161 g/mol. The maximum Gasteiger partial charge on any atom is 0.0998 e. The summed E-state index contributed by atoms with van der Waals surface area (Å²) in [6, 6.07) is 0. The van der Waals surface area contributed by atoms with Gasteiger partial charge >= 0.3 is 0 Å². The Kier molecular flexibility index (Phi) is 4.65. The normalized spacial score (nSPS) is 16.9. The van der Waals surface area contributed by atoms with Crippen molar-refractivity contribution in [3.8, 4) is 0 Å². The van der Waals surface area contributed by atoms with Crippen LogP contribution in [0.3, 0.4) is 0 Å². The lowest BCUT2D eigenvalue weighted by molar-refractivity contribution is -0.0607. The third-order valence-electron chi connectivity index (χ3n) is 1.72. The first kappa shape index (κ1) is 10.9. The second-order valence-corrected chi connectivity index (χ2v) is 3.14. The standard InChI is InChI=1S/C8H19NO2/c1-4-8(10,5-9)6-11-7(2)3/h7,10H,4-6,9H2,1-3H3. The van der Waals surface area contributed by atoms with Gasteiger partial charge in [0, 0.05) is 6.54 Å². The molecule has 0 bridgehead atoms. The van der Waals surface area contributed by atoms with Crippen molar-refractivity contribution in [2.24, 2.45) is 5.73 Å². The summed E-state index contributed by atoms with van der Waals surface area (Å²) >= 11 is 0. The molecule has 0 amide bonds. The van der Waals surface area contributed by atoms with Crippen LogP contribution in [-0.4, -0.2) is 30.0 Å². The largest absolute Gasteiger partial charge is 0.386 e. The van der Waals surface area contributed by atoms with Crippen molar-refractivity contribution in [1.29, 1.82) is 0 Å². The molecule has 0 aromatic rings. The first-order valence-electron chi connectivity index (χ1n) is 4.08. The molecule has 0 radical (unpaired) electrons. The van der Waals surface area contributed by atoms with Gasteiger partial charge in [-0.1, -0.05) is 6.92 Å². The van der Waals surface area contributed by atoms with E-state index in [1.807, 2.05) is 20.8 Å². The topological polar surface area (TPSA) is 55.5 Å². The fraction of sp³-hybridized carbons (Fsp3) is 1.00. The highest BCUT2D eigenvalue weighted by atomic mass is 16.5. The fourth-order valence-electron chi connectivity index (χ4n) is 0.627. The Hall–Kier alpha value is -0.120. The molecule has 1 unspecified atom stereocenters. The smallest absolute Gasteiger partial charge is 0.0998 e. The second-order valence-electron chi connectivity index (χ2n) is 3.14. The van der Waals surface area contributed by atoms with E-state index >= 15 is 0 Å². The van der Waals surface area contributed by atoms with E-state index in [4.69, 9.17) is 10.5 Å². The Balaban J connectivity index is 3.69. The van der Waals surface area contributed by atoms with Crippen LogP contribution in [0.1, 0.15) is 27.2 Å². The zero-order valence-electron chi connectivity index (χ0n) is 7.63. The van der Waals surface area contributed by atoms with E-state index in [9.17, 15) is 5.11 Å². The van der Waals surface area contributed by atoms with Crippen LogP contribution in [0.5, 0.6) is 0 Å². The maximum absolute atomic E-state index is 9.63. The Bertz CT molecular complexity index is 100. The quantitative estimate of drug-likeness (QED) is 0.617. The van der Waals surface area contributed by atoms with E-state index in [-0.39, 0.29) is 12.6 Å². The molecule has 0 aliphatic heterocycles. The zero-order chi connectivity index (χ0) is 8.91. The highest BCUT2D eigenvalue weighted by Gasteiger charge is 2.22. The molecule has 3 N–H and O–H groups in total. The molecule has 1 atom stereocenters. The van der Waals surface area contributed by atoms with Crippen LogP contribution in [0.2, 0.25) is 0 Å². The van der Waals surface area contributed by atoms with Crippen LogP contribution < -0.4 is 5.73 Å². The van der Waals surface area contributed by atoms with Gasteiger partial charge in [0.05, 0.1) is 18.3 Å². The van der Waals surface area contributed by atoms with Gasteiger partial charge in [0.15, 0.2) is 0 Å². The van der Waals surface area contributed by atoms with Crippen LogP contribution >= 0.6 is 0 Å². The van der Waals surface area contributed by atoms with Crippen molar-refractivity contribution in [2.45, 2.75) is 38.9 Å². The predicted molar refractivity (Wildman–Crippen MR) is 45.4 cm³/mol. The van der Waals surface area contributed by atoms with Gasteiger partial charge in [-0.2, -0.15) is 0 Å². The molecule has 0 rings (SSSR count). The summed E-state index contributed by atoms with van der Waals surface area (Å²) in [6.07, 6.45) is 0.788. The van der Waals surface area contributed by atoms with Crippen LogP contribution in [0.25, 0.3) is 0 Å². The summed E-state index contributed by atoms with van der Waals surface area (Å²) in [7, 11) is 0. The molecule has 0 heterocycles. The van der Waals surface area contributed by atoms with Crippen molar-refractivity contribution in [1.82, 2.24) is 0 Å². The molecule has 0 spiro atoms. The number of hydrogen-bond acceptors (Lipinski definition) is 3. The monoisotopic (exact) mass is 161 g/mol. The number of hydrogen-bond donors (Lipinski definition) is 2. The first-order valence-corrected chi connectivity index (χ1v) is 4.08. The van der Waals surface area contributed by atoms with Crippen molar-refractivity contribution in [2.75, 3.05) is 13.2 Å². The van der Waals surface area contributed by atoms with Gasteiger partial charge in [0.1, 0.15) is 0 Å². The minimum absolute atomic E-state index is 0.152. The predicted octanol–water partition coefficient (Wildman–Crippen LogP) is 0.511. The highest BCUT2D eigenvalue weighted by Crippen LogP contribution is 2.09. The molecule has 0 fully saturated rings. The summed E-state index contributed by atoms with van der Waals surface area (Å²) in [6.45, 7) is 6.36. The third-order valence-corrected chi connectivity index (χ3v) is 1.72. The van der Waals surface area contributed by atoms with Crippen LogP contribution in [0.15, 0.2) is 0 Å². The average Bonchev–Trinajstić information content (AvgIpc) is 2.00. The first-order chi connectivity index (χ1) is 5.04. The fourth-order valence-corrected chi connectivity index (χ4v) is 0.627. The van der Waals surface area contributed by atoms with Crippen molar-refractivity contribution in [3.05, 3.63) is 0 Å². The zero-order valence-corrected chi connectivity index (χ0v) is 7.63. The Morgan fingerprint density at radius 3 is 2.36 bits per heavy atom. The number of ether oxygens (including phenoxy) is 1. The van der Waals surface area contributed by atoms with Crippen LogP contribution in [0.4, 0.5) is 0 Å². The van der Waals surface area contributed by atoms with E-state index in [0.717, 1.165) is 0 Å². The van der Waals surface area contributed by atoms with Crippen molar-refractivity contribution >= 4 is 0 Å². The summed E-state index contributed by atoms with van der Waals surface area (Å²) < 4.78 is 5.26. The molecular weight excluding hydrogens is 142 g/mol. The third kappa shape index (κ3) is 4.35. The molecule has 68 valence electrons. The molecule has 0 aliphatic carbocycles. The van der Waals surface area contributed by atoms with Crippen LogP contribution in [0, 0.1) is 0 Å². The molecule has 11 heavy (non-hydrogen) atoms. The van der Waals surface area contributed by atoms with Gasteiger partial charge in [0.25, 0.3) is 0 Å². The van der Waals surface area contributed by atoms with Gasteiger partial charge < -0.3 is 15.6 Å². The molecule has 0 saturated carbocycles. The Morgan fingerprint density at radius 1 is 1.55 bits per heavy atom. The SMILES string of the molecule is CCC(O)(CN)COC(C)C. The van der Waals surface area contributed by atoms with E-state index in [2.05, 4.69) is 0 Å². The lowest BCUT2D eigenvalue weighted by Gasteiger charge is -2.25. The van der Waals surface area contributed by atoms with Gasteiger partial charge in [-0.15, -0.1) is 0 Å². The molecule has 0 aromatic carbocycles. The van der Waals surface area contributed by atoms with Gasteiger partial charge in [0.2, 0.25) is 0 Å². The summed E-state index contributed by atoms with van der Waals surface area (Å²) in [4.78, 5) is 0. The minimum Gasteiger partial charge on any atom is -0.386 e. The Morgan fingerprint density at radius 2 is 2.09 bits per heavy atom. The van der Waals surface area contributed by atoms with Crippen LogP contribution in [-0.2, 0) is 4.74 Å².